The maximum atomic E-state index is 11.6. The van der Waals surface area contributed by atoms with E-state index in [1.54, 1.807) is 6.92 Å². The average Bonchev–Trinajstić information content (AvgIpc) is 2.73. The average molecular weight is 229 g/mol. The molecule has 3 nitrogen and oxygen atoms in total. The van der Waals surface area contributed by atoms with Crippen LogP contribution in [0.1, 0.15) is 23.1 Å². The van der Waals surface area contributed by atoms with E-state index >= 15 is 0 Å². The first-order valence-electron chi connectivity index (χ1n) is 5.64. The fourth-order valence-corrected chi connectivity index (χ4v) is 1.79. The first kappa shape index (κ1) is 11.5. The van der Waals surface area contributed by atoms with E-state index in [1.807, 2.05) is 43.3 Å². The third-order valence-electron chi connectivity index (χ3n) is 2.59. The zero-order valence-electron chi connectivity index (χ0n) is 9.99. The number of esters is 1. The van der Waals surface area contributed by atoms with Gasteiger partial charge in [-0.25, -0.2) is 4.79 Å². The molecule has 3 heteroatoms. The zero-order valence-corrected chi connectivity index (χ0v) is 9.99. The molecule has 88 valence electrons. The summed E-state index contributed by atoms with van der Waals surface area (Å²) in [7, 11) is 0. The highest BCUT2D eigenvalue weighted by Crippen LogP contribution is 2.24. The van der Waals surface area contributed by atoms with Crippen LogP contribution in [0.15, 0.2) is 36.4 Å². The van der Waals surface area contributed by atoms with Crippen molar-refractivity contribution in [3.05, 3.63) is 47.8 Å². The largest absolute Gasteiger partial charge is 0.461 e. The first-order chi connectivity index (χ1) is 8.22. The number of nitrogens with one attached hydrogen (secondary N) is 1. The summed E-state index contributed by atoms with van der Waals surface area (Å²) in [6.07, 6.45) is 0. The molecule has 1 heterocycles. The molecule has 0 fully saturated rings. The van der Waals surface area contributed by atoms with Gasteiger partial charge in [0, 0.05) is 11.3 Å². The molecule has 0 aliphatic carbocycles. The molecular formula is C14H15NO2. The summed E-state index contributed by atoms with van der Waals surface area (Å²) >= 11 is 0. The highest BCUT2D eigenvalue weighted by molar-refractivity contribution is 5.90. The Labute approximate surface area is 100 Å². The van der Waals surface area contributed by atoms with E-state index < -0.39 is 0 Å². The summed E-state index contributed by atoms with van der Waals surface area (Å²) in [4.78, 5) is 14.6. The van der Waals surface area contributed by atoms with E-state index in [4.69, 9.17) is 4.74 Å². The number of ether oxygens (including phenoxy) is 1. The van der Waals surface area contributed by atoms with Crippen LogP contribution in [0.3, 0.4) is 0 Å². The zero-order chi connectivity index (χ0) is 12.3. The van der Waals surface area contributed by atoms with E-state index in [2.05, 4.69) is 4.98 Å². The predicted octanol–water partition coefficient (Wildman–Crippen LogP) is 3.17. The molecule has 0 saturated heterocycles. The standard InChI is InChI=1S/C14H15NO2/c1-3-17-14(16)13-9-12(10(2)15-13)11-7-5-4-6-8-11/h4-9,15H,3H2,1-2H3. The Balaban J connectivity index is 2.35. The summed E-state index contributed by atoms with van der Waals surface area (Å²) < 4.78 is 4.96. The lowest BCUT2D eigenvalue weighted by atomic mass is 10.1. The maximum absolute atomic E-state index is 11.6. The molecule has 0 bridgehead atoms. The topological polar surface area (TPSA) is 42.1 Å². The Kier molecular flexibility index (Phi) is 3.28. The van der Waals surface area contributed by atoms with Crippen molar-refractivity contribution in [3.63, 3.8) is 0 Å². The van der Waals surface area contributed by atoms with Crippen molar-refractivity contribution in [2.45, 2.75) is 13.8 Å². The van der Waals surface area contributed by atoms with Crippen LogP contribution in [0, 0.1) is 6.92 Å². The normalized spacial score (nSPS) is 10.2. The second kappa shape index (κ2) is 4.87. The third kappa shape index (κ3) is 2.38. The Bertz CT molecular complexity index is 514. The van der Waals surface area contributed by atoms with Crippen LogP contribution < -0.4 is 0 Å². The van der Waals surface area contributed by atoms with Gasteiger partial charge in [-0.15, -0.1) is 0 Å². The second-order valence-corrected chi connectivity index (χ2v) is 3.81. The van der Waals surface area contributed by atoms with Gasteiger partial charge >= 0.3 is 5.97 Å². The van der Waals surface area contributed by atoms with Gasteiger partial charge in [-0.3, -0.25) is 0 Å². The first-order valence-corrected chi connectivity index (χ1v) is 5.64. The van der Waals surface area contributed by atoms with Crippen molar-refractivity contribution in [1.82, 2.24) is 4.98 Å². The fourth-order valence-electron chi connectivity index (χ4n) is 1.79. The molecule has 0 saturated carbocycles. The number of aromatic nitrogens is 1. The SMILES string of the molecule is CCOC(=O)c1cc(-c2ccccc2)c(C)[nH]1. The van der Waals surface area contributed by atoms with Crippen LogP contribution in [0.25, 0.3) is 11.1 Å². The van der Waals surface area contributed by atoms with E-state index in [9.17, 15) is 4.79 Å². The van der Waals surface area contributed by atoms with Gasteiger partial charge in [-0.1, -0.05) is 30.3 Å². The van der Waals surface area contributed by atoms with Gasteiger partial charge < -0.3 is 9.72 Å². The molecule has 17 heavy (non-hydrogen) atoms. The van der Waals surface area contributed by atoms with E-state index in [0.717, 1.165) is 16.8 Å². The van der Waals surface area contributed by atoms with Crippen LogP contribution in [-0.4, -0.2) is 17.6 Å². The minimum absolute atomic E-state index is 0.308. The smallest absolute Gasteiger partial charge is 0.354 e. The highest BCUT2D eigenvalue weighted by Gasteiger charge is 2.13. The third-order valence-corrected chi connectivity index (χ3v) is 2.59. The van der Waals surface area contributed by atoms with Crippen molar-refractivity contribution in [2.75, 3.05) is 6.61 Å². The highest BCUT2D eigenvalue weighted by atomic mass is 16.5. The Morgan fingerprint density at radius 2 is 2.00 bits per heavy atom. The number of aromatic amines is 1. The number of carbonyl (C=O) groups excluding carboxylic acids is 1. The van der Waals surface area contributed by atoms with Gasteiger partial charge in [-0.2, -0.15) is 0 Å². The molecule has 0 unspecified atom stereocenters. The molecule has 2 aromatic rings. The molecule has 1 aromatic carbocycles. The lowest BCUT2D eigenvalue weighted by molar-refractivity contribution is 0.0520. The summed E-state index contributed by atoms with van der Waals surface area (Å²) in [5.41, 5.74) is 3.60. The van der Waals surface area contributed by atoms with Gasteiger partial charge in [0.15, 0.2) is 0 Å². The molecule has 0 spiro atoms. The molecule has 0 aliphatic heterocycles. The van der Waals surface area contributed by atoms with Crippen LogP contribution in [0.2, 0.25) is 0 Å². The molecule has 1 N–H and O–H groups in total. The molecular weight excluding hydrogens is 214 g/mol. The fraction of sp³-hybridized carbons (Fsp3) is 0.214. The minimum atomic E-state index is -0.308. The van der Waals surface area contributed by atoms with Crippen LogP contribution in [0.5, 0.6) is 0 Å². The van der Waals surface area contributed by atoms with Crippen LogP contribution in [0.4, 0.5) is 0 Å². The number of aryl methyl sites for hydroxylation is 1. The second-order valence-electron chi connectivity index (χ2n) is 3.81. The Morgan fingerprint density at radius 1 is 1.29 bits per heavy atom. The van der Waals surface area contributed by atoms with Gasteiger partial charge in [0.25, 0.3) is 0 Å². The quantitative estimate of drug-likeness (QED) is 0.821. The van der Waals surface area contributed by atoms with Gasteiger partial charge in [-0.05, 0) is 25.5 Å². The van der Waals surface area contributed by atoms with Gasteiger partial charge in [0.1, 0.15) is 5.69 Å². The summed E-state index contributed by atoms with van der Waals surface area (Å²) in [6, 6.07) is 11.8. The summed E-state index contributed by atoms with van der Waals surface area (Å²) in [5, 5.41) is 0. The lowest BCUT2D eigenvalue weighted by Crippen LogP contribution is -2.04. The molecule has 0 radical (unpaired) electrons. The van der Waals surface area contributed by atoms with Gasteiger partial charge in [0.2, 0.25) is 0 Å². The summed E-state index contributed by atoms with van der Waals surface area (Å²) in [5.74, 6) is -0.308. The Morgan fingerprint density at radius 3 is 2.65 bits per heavy atom. The van der Waals surface area contributed by atoms with Crippen LogP contribution >= 0.6 is 0 Å². The molecule has 2 rings (SSSR count). The van der Waals surface area contributed by atoms with Crippen molar-refractivity contribution in [3.8, 4) is 11.1 Å². The molecule has 0 atom stereocenters. The molecule has 0 aliphatic rings. The van der Waals surface area contributed by atoms with E-state index in [0.29, 0.717) is 12.3 Å². The van der Waals surface area contributed by atoms with Crippen molar-refractivity contribution in [1.29, 1.82) is 0 Å². The van der Waals surface area contributed by atoms with Gasteiger partial charge in [0.05, 0.1) is 6.61 Å². The number of hydrogen-bond donors (Lipinski definition) is 1. The lowest BCUT2D eigenvalue weighted by Gasteiger charge is -1.98. The predicted molar refractivity (Wildman–Crippen MR) is 66.9 cm³/mol. The molecule has 1 aromatic heterocycles. The van der Waals surface area contributed by atoms with E-state index in [1.165, 1.54) is 0 Å². The van der Waals surface area contributed by atoms with Crippen molar-refractivity contribution < 1.29 is 9.53 Å². The minimum Gasteiger partial charge on any atom is -0.461 e. The van der Waals surface area contributed by atoms with Crippen LogP contribution in [-0.2, 0) is 4.74 Å². The molecule has 0 amide bonds. The number of benzene rings is 1. The number of hydrogen-bond acceptors (Lipinski definition) is 2. The number of carbonyl (C=O) groups is 1. The number of H-pyrrole nitrogens is 1. The maximum Gasteiger partial charge on any atom is 0.354 e. The number of rotatable bonds is 3. The van der Waals surface area contributed by atoms with Crippen molar-refractivity contribution in [2.24, 2.45) is 0 Å². The van der Waals surface area contributed by atoms with E-state index in [-0.39, 0.29) is 5.97 Å². The van der Waals surface area contributed by atoms with Crippen molar-refractivity contribution >= 4 is 5.97 Å². The Hall–Kier alpha value is -2.03. The summed E-state index contributed by atoms with van der Waals surface area (Å²) in [6.45, 7) is 4.13. The monoisotopic (exact) mass is 229 g/mol.